The van der Waals surface area contributed by atoms with Crippen molar-refractivity contribution in [3.63, 3.8) is 0 Å². The molecule has 0 saturated heterocycles. The molecule has 1 N–H and O–H groups in total. The molecule has 5 atom stereocenters. The number of aliphatic carboxylic acids is 1. The highest BCUT2D eigenvalue weighted by molar-refractivity contribution is 5.72. The van der Waals surface area contributed by atoms with Gasteiger partial charge in [-0.2, -0.15) is 0 Å². The Kier molecular flexibility index (Phi) is 4.62. The topological polar surface area (TPSA) is 80.4 Å². The lowest BCUT2D eigenvalue weighted by atomic mass is 9.46. The van der Waals surface area contributed by atoms with Crippen molar-refractivity contribution in [1.29, 1.82) is 0 Å². The van der Waals surface area contributed by atoms with Crippen LogP contribution in [-0.2, 0) is 4.79 Å². The number of fused-ring (bicyclic) bond motifs is 1. The first-order chi connectivity index (χ1) is 10.5. The SMILES string of the molecule is CCC(C)C1=C[C@H]2[C@@H](C1)C[C@]2(C[N+](=O)[O-])C(C(=O)O)C(C)(C)C. The van der Waals surface area contributed by atoms with E-state index in [1.807, 2.05) is 20.8 Å². The molecule has 0 aromatic rings. The van der Waals surface area contributed by atoms with E-state index >= 15 is 0 Å². The summed E-state index contributed by atoms with van der Waals surface area (Å²) in [5, 5.41) is 21.1. The molecule has 2 rings (SSSR count). The van der Waals surface area contributed by atoms with Crippen LogP contribution in [0, 0.1) is 44.6 Å². The molecule has 2 aliphatic rings. The highest BCUT2D eigenvalue weighted by Crippen LogP contribution is 2.65. The molecule has 0 bridgehead atoms. The van der Waals surface area contributed by atoms with E-state index in [9.17, 15) is 20.0 Å². The maximum absolute atomic E-state index is 12.0. The van der Waals surface area contributed by atoms with Gasteiger partial charge < -0.3 is 5.11 Å². The van der Waals surface area contributed by atoms with E-state index in [1.54, 1.807) is 0 Å². The summed E-state index contributed by atoms with van der Waals surface area (Å²) in [5.74, 6) is -0.690. The number of nitro groups is 1. The first-order valence-corrected chi connectivity index (χ1v) is 8.58. The van der Waals surface area contributed by atoms with Crippen molar-refractivity contribution in [3.05, 3.63) is 21.8 Å². The largest absolute Gasteiger partial charge is 0.481 e. The molecular formula is C18H29NO4. The third kappa shape index (κ3) is 3.02. The van der Waals surface area contributed by atoms with Gasteiger partial charge in [0, 0.05) is 4.92 Å². The molecule has 0 aliphatic heterocycles. The van der Waals surface area contributed by atoms with Crippen LogP contribution in [0.2, 0.25) is 0 Å². The standard InChI is InChI=1S/C18H29NO4/c1-6-11(2)12-7-13-9-18(10-19(22)23,14(13)8-12)15(16(20)21)17(3,4)5/h8,11,13-15H,6-7,9-10H2,1-5H3,(H,20,21)/t11?,13-,14-,15?,18+/m0/s1. The highest BCUT2D eigenvalue weighted by Gasteiger charge is 2.65. The van der Waals surface area contributed by atoms with E-state index < -0.39 is 22.7 Å². The average molecular weight is 323 g/mol. The molecule has 0 spiro atoms. The minimum absolute atomic E-state index is 0.0391. The number of rotatable bonds is 6. The average Bonchev–Trinajstić information content (AvgIpc) is 2.73. The zero-order chi connectivity index (χ0) is 17.6. The Morgan fingerprint density at radius 3 is 2.57 bits per heavy atom. The van der Waals surface area contributed by atoms with Crippen molar-refractivity contribution in [3.8, 4) is 0 Å². The quantitative estimate of drug-likeness (QED) is 0.455. The summed E-state index contributed by atoms with van der Waals surface area (Å²) in [4.78, 5) is 23.0. The lowest BCUT2D eigenvalue weighted by Gasteiger charge is -2.55. The molecule has 0 heterocycles. The van der Waals surface area contributed by atoms with Crippen LogP contribution in [0.3, 0.4) is 0 Å². The first-order valence-electron chi connectivity index (χ1n) is 8.58. The normalized spacial score (nSPS) is 32.5. The summed E-state index contributed by atoms with van der Waals surface area (Å²) in [5.41, 5.74) is 0.124. The molecule has 0 aromatic carbocycles. The molecule has 1 saturated carbocycles. The Labute approximate surface area is 138 Å². The predicted octanol–water partition coefficient (Wildman–Crippen LogP) is 4.01. The van der Waals surface area contributed by atoms with Crippen molar-refractivity contribution in [2.75, 3.05) is 6.54 Å². The predicted molar refractivity (Wildman–Crippen MR) is 88.6 cm³/mol. The molecule has 23 heavy (non-hydrogen) atoms. The molecule has 1 fully saturated rings. The molecule has 130 valence electrons. The number of hydrogen-bond acceptors (Lipinski definition) is 3. The van der Waals surface area contributed by atoms with E-state index in [2.05, 4.69) is 19.9 Å². The Balaban J connectivity index is 2.41. The molecule has 0 aromatic heterocycles. The summed E-state index contributed by atoms with van der Waals surface area (Å²) in [6.07, 6.45) is 4.88. The fraction of sp³-hybridized carbons (Fsp3) is 0.833. The van der Waals surface area contributed by atoms with Crippen LogP contribution < -0.4 is 0 Å². The van der Waals surface area contributed by atoms with E-state index in [0.717, 1.165) is 12.8 Å². The summed E-state index contributed by atoms with van der Waals surface area (Å²) >= 11 is 0. The van der Waals surface area contributed by atoms with Gasteiger partial charge in [0.25, 0.3) is 0 Å². The van der Waals surface area contributed by atoms with Gasteiger partial charge in [0.15, 0.2) is 0 Å². The molecule has 2 unspecified atom stereocenters. The van der Waals surface area contributed by atoms with E-state index in [0.29, 0.717) is 18.3 Å². The maximum atomic E-state index is 12.0. The van der Waals surface area contributed by atoms with Gasteiger partial charge in [0.2, 0.25) is 6.54 Å². The van der Waals surface area contributed by atoms with Crippen LogP contribution in [0.4, 0.5) is 0 Å². The van der Waals surface area contributed by atoms with E-state index in [-0.39, 0.29) is 17.4 Å². The molecule has 5 nitrogen and oxygen atoms in total. The van der Waals surface area contributed by atoms with Crippen LogP contribution in [0.15, 0.2) is 11.6 Å². The molecule has 2 aliphatic carbocycles. The number of carbonyl (C=O) groups is 1. The Bertz CT molecular complexity index is 534. The third-order valence-electron chi connectivity index (χ3n) is 6.06. The number of carboxylic acid groups (broad SMARTS) is 1. The second kappa shape index (κ2) is 5.91. The van der Waals surface area contributed by atoms with Gasteiger partial charge in [-0.05, 0) is 42.4 Å². The second-order valence-electron chi connectivity index (χ2n) is 8.61. The number of nitrogens with zero attached hydrogens (tertiary/aromatic N) is 1. The van der Waals surface area contributed by atoms with Gasteiger partial charge in [0.05, 0.1) is 11.3 Å². The highest BCUT2D eigenvalue weighted by atomic mass is 16.6. The van der Waals surface area contributed by atoms with Crippen molar-refractivity contribution < 1.29 is 14.8 Å². The molecule has 0 radical (unpaired) electrons. The Morgan fingerprint density at radius 2 is 2.13 bits per heavy atom. The van der Waals surface area contributed by atoms with Gasteiger partial charge in [0.1, 0.15) is 0 Å². The van der Waals surface area contributed by atoms with Crippen molar-refractivity contribution in [2.24, 2.45) is 34.5 Å². The lowest BCUT2D eigenvalue weighted by molar-refractivity contribution is -0.510. The number of hydrogen-bond donors (Lipinski definition) is 1. The van der Waals surface area contributed by atoms with Gasteiger partial charge in [-0.3, -0.25) is 14.9 Å². The van der Waals surface area contributed by atoms with Gasteiger partial charge >= 0.3 is 5.97 Å². The fourth-order valence-corrected chi connectivity index (χ4v) is 5.08. The van der Waals surface area contributed by atoms with E-state index in [1.165, 1.54) is 5.57 Å². The summed E-state index contributed by atoms with van der Waals surface area (Å²) in [6, 6.07) is 0. The zero-order valence-electron chi connectivity index (χ0n) is 14.8. The van der Waals surface area contributed by atoms with Crippen molar-refractivity contribution in [2.45, 2.75) is 53.9 Å². The summed E-state index contributed by atoms with van der Waals surface area (Å²) < 4.78 is 0. The van der Waals surface area contributed by atoms with Gasteiger partial charge in [-0.15, -0.1) is 0 Å². The first kappa shape index (κ1) is 18.0. The molecular weight excluding hydrogens is 294 g/mol. The minimum Gasteiger partial charge on any atom is -0.481 e. The molecule has 5 heteroatoms. The van der Waals surface area contributed by atoms with Crippen molar-refractivity contribution >= 4 is 5.97 Å². The fourth-order valence-electron chi connectivity index (χ4n) is 5.08. The summed E-state index contributed by atoms with van der Waals surface area (Å²) in [6.45, 7) is 9.74. The van der Waals surface area contributed by atoms with Gasteiger partial charge in [-0.25, -0.2) is 0 Å². The molecule has 0 amide bonds. The third-order valence-corrected chi connectivity index (χ3v) is 6.06. The minimum atomic E-state index is -0.900. The smallest absolute Gasteiger partial charge is 0.307 e. The van der Waals surface area contributed by atoms with Gasteiger partial charge in [-0.1, -0.05) is 46.3 Å². The second-order valence-corrected chi connectivity index (χ2v) is 8.61. The Hall–Kier alpha value is -1.39. The van der Waals surface area contributed by atoms with Crippen LogP contribution >= 0.6 is 0 Å². The summed E-state index contributed by atoms with van der Waals surface area (Å²) in [7, 11) is 0. The van der Waals surface area contributed by atoms with Crippen molar-refractivity contribution in [1.82, 2.24) is 0 Å². The monoisotopic (exact) mass is 323 g/mol. The van der Waals surface area contributed by atoms with Crippen LogP contribution in [0.5, 0.6) is 0 Å². The Morgan fingerprint density at radius 1 is 1.52 bits per heavy atom. The maximum Gasteiger partial charge on any atom is 0.307 e. The van der Waals surface area contributed by atoms with Crippen LogP contribution in [-0.4, -0.2) is 22.5 Å². The lowest BCUT2D eigenvalue weighted by Crippen LogP contribution is -2.59. The zero-order valence-corrected chi connectivity index (χ0v) is 14.8. The van der Waals surface area contributed by atoms with Crippen LogP contribution in [0.25, 0.3) is 0 Å². The van der Waals surface area contributed by atoms with Crippen LogP contribution in [0.1, 0.15) is 53.9 Å². The number of carboxylic acids is 1. The number of allylic oxidation sites excluding steroid dienone is 2. The van der Waals surface area contributed by atoms with E-state index in [4.69, 9.17) is 0 Å².